The molecule has 1 amide bonds. The average molecular weight is 425 g/mol. The van der Waals surface area contributed by atoms with E-state index in [1.807, 2.05) is 6.07 Å². The molecule has 7 heteroatoms. The minimum atomic E-state index is -0.582. The molecule has 0 fully saturated rings. The number of nitrogens with one attached hydrogen (secondary N) is 1. The van der Waals surface area contributed by atoms with Crippen molar-refractivity contribution in [1.29, 1.82) is 0 Å². The molecule has 0 aliphatic rings. The molecule has 1 N–H and O–H groups in total. The number of Topliss-reactive ketones (excluding diaryl/α,β-unsaturated/α-hetero) is 1. The van der Waals surface area contributed by atoms with Crippen LogP contribution in [0.1, 0.15) is 20.7 Å². The third-order valence-corrected chi connectivity index (χ3v) is 5.28. The first kappa shape index (κ1) is 21.4. The van der Waals surface area contributed by atoms with Gasteiger partial charge in [0.05, 0.1) is 25.5 Å². The molecule has 0 saturated carbocycles. The number of carbonyl (C=O) groups is 2. The van der Waals surface area contributed by atoms with Crippen LogP contribution in [0.2, 0.25) is 0 Å². The van der Waals surface area contributed by atoms with E-state index in [2.05, 4.69) is 5.32 Å². The van der Waals surface area contributed by atoms with Gasteiger partial charge < -0.3 is 14.8 Å². The molecule has 0 aromatic heterocycles. The van der Waals surface area contributed by atoms with Gasteiger partial charge in [0.2, 0.25) is 0 Å². The number of amides is 1. The van der Waals surface area contributed by atoms with Gasteiger partial charge in [-0.1, -0.05) is 18.2 Å². The highest BCUT2D eigenvalue weighted by Gasteiger charge is 2.13. The predicted octanol–water partition coefficient (Wildman–Crippen LogP) is 5.07. The van der Waals surface area contributed by atoms with Crippen molar-refractivity contribution < 1.29 is 23.5 Å². The van der Waals surface area contributed by atoms with Gasteiger partial charge in [-0.25, -0.2) is 4.39 Å². The van der Waals surface area contributed by atoms with Crippen LogP contribution in [-0.4, -0.2) is 31.7 Å². The lowest BCUT2D eigenvalue weighted by Gasteiger charge is -2.10. The zero-order valence-corrected chi connectivity index (χ0v) is 17.3. The van der Waals surface area contributed by atoms with Crippen molar-refractivity contribution in [3.63, 3.8) is 0 Å². The Morgan fingerprint density at radius 3 is 2.43 bits per heavy atom. The van der Waals surface area contributed by atoms with Crippen LogP contribution in [0, 0.1) is 5.82 Å². The van der Waals surface area contributed by atoms with Gasteiger partial charge >= 0.3 is 0 Å². The van der Waals surface area contributed by atoms with Crippen LogP contribution in [0.5, 0.6) is 11.5 Å². The Kier molecular flexibility index (Phi) is 7.08. The zero-order valence-electron chi connectivity index (χ0n) is 16.5. The first-order valence-electron chi connectivity index (χ1n) is 9.06. The summed E-state index contributed by atoms with van der Waals surface area (Å²) in [5, 5.41) is 2.68. The summed E-state index contributed by atoms with van der Waals surface area (Å²) in [5.74, 6) is 0.0749. The molecule has 154 valence electrons. The number of anilines is 1. The van der Waals surface area contributed by atoms with Crippen LogP contribution in [0.4, 0.5) is 10.1 Å². The number of rotatable bonds is 8. The molecule has 0 radical (unpaired) electrons. The highest BCUT2D eigenvalue weighted by molar-refractivity contribution is 8.00. The molecule has 3 aromatic rings. The standard InChI is InChI=1S/C23H20FNO4S/c1-28-21-11-10-15(12-22(21)29-2)20(26)14-30-17-7-5-6-16(13-17)25-23(27)18-8-3-4-9-19(18)24/h3-13H,14H2,1-2H3,(H,25,27). The maximum atomic E-state index is 13.8. The van der Waals surface area contributed by atoms with E-state index in [4.69, 9.17) is 9.47 Å². The predicted molar refractivity (Wildman–Crippen MR) is 115 cm³/mol. The maximum Gasteiger partial charge on any atom is 0.258 e. The lowest BCUT2D eigenvalue weighted by Crippen LogP contribution is -2.13. The summed E-state index contributed by atoms with van der Waals surface area (Å²) in [5.41, 5.74) is 1.01. The first-order valence-corrected chi connectivity index (χ1v) is 10.0. The lowest BCUT2D eigenvalue weighted by atomic mass is 10.1. The van der Waals surface area contributed by atoms with E-state index in [9.17, 15) is 14.0 Å². The Balaban J connectivity index is 1.65. The fourth-order valence-electron chi connectivity index (χ4n) is 2.75. The molecule has 0 bridgehead atoms. The van der Waals surface area contributed by atoms with E-state index in [0.717, 1.165) is 4.90 Å². The topological polar surface area (TPSA) is 64.6 Å². The van der Waals surface area contributed by atoms with E-state index < -0.39 is 11.7 Å². The van der Waals surface area contributed by atoms with Crippen molar-refractivity contribution >= 4 is 29.1 Å². The van der Waals surface area contributed by atoms with E-state index in [1.165, 1.54) is 44.2 Å². The van der Waals surface area contributed by atoms with Crippen molar-refractivity contribution in [2.24, 2.45) is 0 Å². The van der Waals surface area contributed by atoms with Gasteiger partial charge in [0.1, 0.15) is 5.82 Å². The SMILES string of the molecule is COc1ccc(C(=O)CSc2cccc(NC(=O)c3ccccc3F)c2)cc1OC. The largest absolute Gasteiger partial charge is 0.493 e. The van der Waals surface area contributed by atoms with Crippen molar-refractivity contribution in [1.82, 2.24) is 0 Å². The summed E-state index contributed by atoms with van der Waals surface area (Å²) in [7, 11) is 3.05. The summed E-state index contributed by atoms with van der Waals surface area (Å²) in [6, 6.07) is 17.9. The van der Waals surface area contributed by atoms with Crippen molar-refractivity contribution in [3.8, 4) is 11.5 Å². The van der Waals surface area contributed by atoms with Gasteiger partial charge in [-0.05, 0) is 48.5 Å². The third kappa shape index (κ3) is 5.18. The molecule has 3 rings (SSSR count). The van der Waals surface area contributed by atoms with Crippen LogP contribution in [0.15, 0.2) is 71.6 Å². The van der Waals surface area contributed by atoms with Crippen molar-refractivity contribution in [2.75, 3.05) is 25.3 Å². The molecular formula is C23H20FNO4S. The normalized spacial score (nSPS) is 10.4. The molecule has 5 nitrogen and oxygen atoms in total. The smallest absolute Gasteiger partial charge is 0.258 e. The number of benzene rings is 3. The van der Waals surface area contributed by atoms with Crippen LogP contribution >= 0.6 is 11.8 Å². The summed E-state index contributed by atoms with van der Waals surface area (Å²) in [4.78, 5) is 25.6. The molecule has 0 unspecified atom stereocenters. The summed E-state index contributed by atoms with van der Waals surface area (Å²) < 4.78 is 24.2. The highest BCUT2D eigenvalue weighted by atomic mass is 32.2. The van der Waals surface area contributed by atoms with E-state index in [0.29, 0.717) is 22.7 Å². The number of halogens is 1. The van der Waals surface area contributed by atoms with Gasteiger partial charge in [-0.15, -0.1) is 11.8 Å². The first-order chi connectivity index (χ1) is 14.5. The van der Waals surface area contributed by atoms with E-state index in [-0.39, 0.29) is 17.1 Å². The fourth-order valence-corrected chi connectivity index (χ4v) is 3.60. The molecule has 0 saturated heterocycles. The highest BCUT2D eigenvalue weighted by Crippen LogP contribution is 2.29. The zero-order chi connectivity index (χ0) is 21.5. The molecule has 0 aliphatic heterocycles. The second-order valence-corrected chi connectivity index (χ2v) is 7.29. The Bertz CT molecular complexity index is 1070. The summed E-state index contributed by atoms with van der Waals surface area (Å²) >= 11 is 1.34. The molecule has 0 heterocycles. The summed E-state index contributed by atoms with van der Waals surface area (Å²) in [6.07, 6.45) is 0. The third-order valence-electron chi connectivity index (χ3n) is 4.29. The van der Waals surface area contributed by atoms with Gasteiger partial charge in [-0.3, -0.25) is 9.59 Å². The van der Waals surface area contributed by atoms with E-state index in [1.54, 1.807) is 42.5 Å². The van der Waals surface area contributed by atoms with Crippen LogP contribution in [0.3, 0.4) is 0 Å². The quantitative estimate of drug-likeness (QED) is 0.403. The Morgan fingerprint density at radius 2 is 1.70 bits per heavy atom. The van der Waals surface area contributed by atoms with Gasteiger partial charge in [0.25, 0.3) is 5.91 Å². The van der Waals surface area contributed by atoms with Gasteiger partial charge in [0, 0.05) is 16.1 Å². The number of carbonyl (C=O) groups excluding carboxylic acids is 2. The minimum absolute atomic E-state index is 0.0285. The minimum Gasteiger partial charge on any atom is -0.493 e. The molecule has 0 aliphatic carbocycles. The number of hydrogen-bond donors (Lipinski definition) is 1. The number of ketones is 1. The van der Waals surface area contributed by atoms with Crippen LogP contribution in [-0.2, 0) is 0 Å². The number of thioether (sulfide) groups is 1. The average Bonchev–Trinajstić information content (AvgIpc) is 2.77. The Hall–Kier alpha value is -3.32. The van der Waals surface area contributed by atoms with Crippen LogP contribution in [0.25, 0.3) is 0 Å². The maximum absolute atomic E-state index is 13.8. The second-order valence-electron chi connectivity index (χ2n) is 6.24. The van der Waals surface area contributed by atoms with Gasteiger partial charge in [0.15, 0.2) is 17.3 Å². The van der Waals surface area contributed by atoms with Crippen LogP contribution < -0.4 is 14.8 Å². The Labute approximate surface area is 178 Å². The fraction of sp³-hybridized carbons (Fsp3) is 0.130. The number of ether oxygens (including phenoxy) is 2. The molecule has 3 aromatic carbocycles. The monoisotopic (exact) mass is 425 g/mol. The number of methoxy groups -OCH3 is 2. The Morgan fingerprint density at radius 1 is 0.933 bits per heavy atom. The van der Waals surface area contributed by atoms with Crippen molar-refractivity contribution in [2.45, 2.75) is 4.90 Å². The molecule has 0 atom stereocenters. The van der Waals surface area contributed by atoms with E-state index >= 15 is 0 Å². The summed E-state index contributed by atoms with van der Waals surface area (Å²) in [6.45, 7) is 0. The number of hydrogen-bond acceptors (Lipinski definition) is 5. The molecule has 0 spiro atoms. The lowest BCUT2D eigenvalue weighted by molar-refractivity contribution is 0.101. The van der Waals surface area contributed by atoms with Gasteiger partial charge in [-0.2, -0.15) is 0 Å². The molecule has 30 heavy (non-hydrogen) atoms. The molecular weight excluding hydrogens is 405 g/mol. The second kappa shape index (κ2) is 9.93. The van der Waals surface area contributed by atoms with Crippen molar-refractivity contribution in [3.05, 3.63) is 83.7 Å².